The maximum Gasteiger partial charge on any atom is 0.253 e. The lowest BCUT2D eigenvalue weighted by Gasteiger charge is -2.18. The average Bonchev–Trinajstić information content (AvgIpc) is 2.53. The van der Waals surface area contributed by atoms with Gasteiger partial charge in [-0.25, -0.2) is 12.8 Å². The first-order valence-electron chi connectivity index (χ1n) is 7.10. The molecule has 0 unspecified atom stereocenters. The molecule has 0 heterocycles. The van der Waals surface area contributed by atoms with Gasteiger partial charge in [0.15, 0.2) is 21.4 Å². The number of amides is 1. The van der Waals surface area contributed by atoms with Crippen LogP contribution in [0.5, 0.6) is 5.75 Å². The van der Waals surface area contributed by atoms with Gasteiger partial charge < -0.3 is 9.64 Å². The Labute approximate surface area is 140 Å². The van der Waals surface area contributed by atoms with Crippen molar-refractivity contribution in [2.45, 2.75) is 11.4 Å². The molecule has 0 aliphatic heterocycles. The number of carbonyl (C=O) groups is 1. The van der Waals surface area contributed by atoms with Gasteiger partial charge in [-0.3, -0.25) is 4.79 Å². The third kappa shape index (κ3) is 4.11. The van der Waals surface area contributed by atoms with E-state index in [-0.39, 0.29) is 23.1 Å². The molecule has 0 spiro atoms. The molecule has 5 nitrogen and oxygen atoms in total. The molecule has 1 amide bonds. The second kappa shape index (κ2) is 7.00. The first-order chi connectivity index (χ1) is 11.2. The van der Waals surface area contributed by atoms with Crippen molar-refractivity contribution < 1.29 is 22.3 Å². The molecule has 2 rings (SSSR count). The predicted octanol–water partition coefficient (Wildman–Crippen LogP) is 2.51. The lowest BCUT2D eigenvalue weighted by atomic mass is 10.1. The number of carbonyl (C=O) groups excluding carboxylic acids is 1. The van der Waals surface area contributed by atoms with Crippen molar-refractivity contribution in [1.29, 1.82) is 0 Å². The Bertz CT molecular complexity index is 847. The monoisotopic (exact) mass is 351 g/mol. The van der Waals surface area contributed by atoms with E-state index in [9.17, 15) is 17.6 Å². The maximum absolute atomic E-state index is 13.7. The first-order valence-corrected chi connectivity index (χ1v) is 8.99. The summed E-state index contributed by atoms with van der Waals surface area (Å²) < 4.78 is 41.4. The zero-order valence-electron chi connectivity index (χ0n) is 13.6. The Kier molecular flexibility index (Phi) is 5.23. The third-order valence-electron chi connectivity index (χ3n) is 3.51. The molecular weight excluding hydrogens is 333 g/mol. The maximum atomic E-state index is 13.7. The van der Waals surface area contributed by atoms with Gasteiger partial charge in [0, 0.05) is 25.4 Å². The highest BCUT2D eigenvalue weighted by Gasteiger charge is 2.14. The SMILES string of the molecule is COc1ccc(CN(C)C(=O)c2ccc(S(C)(=O)=O)cc2)cc1F. The van der Waals surface area contributed by atoms with E-state index in [2.05, 4.69) is 0 Å². The van der Waals surface area contributed by atoms with Gasteiger partial charge in [-0.1, -0.05) is 6.07 Å². The molecule has 0 saturated carbocycles. The molecule has 128 valence electrons. The van der Waals surface area contributed by atoms with Gasteiger partial charge in [-0.2, -0.15) is 0 Å². The first kappa shape index (κ1) is 17.9. The summed E-state index contributed by atoms with van der Waals surface area (Å²) in [5.74, 6) is -0.635. The van der Waals surface area contributed by atoms with Crippen molar-refractivity contribution in [2.24, 2.45) is 0 Å². The zero-order chi connectivity index (χ0) is 17.9. The van der Waals surface area contributed by atoms with Gasteiger partial charge in [0.2, 0.25) is 0 Å². The van der Waals surface area contributed by atoms with E-state index in [0.717, 1.165) is 6.26 Å². The molecule has 0 bridgehead atoms. The molecule has 0 aliphatic rings. The number of rotatable bonds is 5. The second-order valence-electron chi connectivity index (χ2n) is 5.43. The normalized spacial score (nSPS) is 11.2. The van der Waals surface area contributed by atoms with Crippen molar-refractivity contribution in [3.63, 3.8) is 0 Å². The molecular formula is C17H18FNO4S. The van der Waals surface area contributed by atoms with Gasteiger partial charge in [-0.05, 0) is 42.0 Å². The molecule has 0 aromatic heterocycles. The molecule has 0 N–H and O–H groups in total. The lowest BCUT2D eigenvalue weighted by molar-refractivity contribution is 0.0785. The molecule has 24 heavy (non-hydrogen) atoms. The van der Waals surface area contributed by atoms with E-state index in [1.54, 1.807) is 13.1 Å². The van der Waals surface area contributed by atoms with E-state index in [1.165, 1.54) is 48.4 Å². The van der Waals surface area contributed by atoms with Gasteiger partial charge in [0.25, 0.3) is 5.91 Å². The highest BCUT2D eigenvalue weighted by molar-refractivity contribution is 7.90. The zero-order valence-corrected chi connectivity index (χ0v) is 14.4. The fourth-order valence-electron chi connectivity index (χ4n) is 2.22. The number of sulfone groups is 1. The van der Waals surface area contributed by atoms with Crippen LogP contribution in [0.15, 0.2) is 47.4 Å². The quantitative estimate of drug-likeness (QED) is 0.830. The Hall–Kier alpha value is -2.41. The van der Waals surface area contributed by atoms with Crippen LogP contribution in [0.3, 0.4) is 0 Å². The van der Waals surface area contributed by atoms with E-state index in [1.807, 2.05) is 0 Å². The predicted molar refractivity (Wildman–Crippen MR) is 88.3 cm³/mol. The van der Waals surface area contributed by atoms with Crippen molar-refractivity contribution >= 4 is 15.7 Å². The van der Waals surface area contributed by atoms with Crippen molar-refractivity contribution in [3.8, 4) is 5.75 Å². The lowest BCUT2D eigenvalue weighted by Crippen LogP contribution is -2.26. The number of benzene rings is 2. The summed E-state index contributed by atoms with van der Waals surface area (Å²) in [6, 6.07) is 10.2. The smallest absolute Gasteiger partial charge is 0.253 e. The average molecular weight is 351 g/mol. The summed E-state index contributed by atoms with van der Waals surface area (Å²) in [6.07, 6.45) is 1.11. The van der Waals surface area contributed by atoms with E-state index >= 15 is 0 Å². The summed E-state index contributed by atoms with van der Waals surface area (Å²) in [4.78, 5) is 14.0. The van der Waals surface area contributed by atoms with Crippen LogP contribution in [0.1, 0.15) is 15.9 Å². The highest BCUT2D eigenvalue weighted by Crippen LogP contribution is 2.19. The molecule has 0 saturated heterocycles. The van der Waals surface area contributed by atoms with Crippen LogP contribution in [0, 0.1) is 5.82 Å². The number of hydrogen-bond acceptors (Lipinski definition) is 4. The number of methoxy groups -OCH3 is 1. The van der Waals surface area contributed by atoms with Crippen LogP contribution in [-0.2, 0) is 16.4 Å². The van der Waals surface area contributed by atoms with Crippen molar-refractivity contribution in [2.75, 3.05) is 20.4 Å². The van der Waals surface area contributed by atoms with Crippen LogP contribution < -0.4 is 4.74 Å². The molecule has 0 atom stereocenters. The fraction of sp³-hybridized carbons (Fsp3) is 0.235. The Balaban J connectivity index is 2.13. The van der Waals surface area contributed by atoms with E-state index < -0.39 is 15.7 Å². The summed E-state index contributed by atoms with van der Waals surface area (Å²) in [6.45, 7) is 0.216. The minimum Gasteiger partial charge on any atom is -0.494 e. The van der Waals surface area contributed by atoms with Crippen LogP contribution in [0.25, 0.3) is 0 Å². The standard InChI is InChI=1S/C17H18FNO4S/c1-19(11-12-4-9-16(23-2)15(18)10-12)17(20)13-5-7-14(8-6-13)24(3,21)22/h4-10H,11H2,1-3H3. The van der Waals surface area contributed by atoms with Crippen molar-refractivity contribution in [3.05, 3.63) is 59.4 Å². The molecule has 2 aromatic rings. The summed E-state index contributed by atoms with van der Waals surface area (Å²) in [5.41, 5.74) is 0.982. The van der Waals surface area contributed by atoms with Crippen LogP contribution in [0.2, 0.25) is 0 Å². The number of ether oxygens (including phenoxy) is 1. The largest absolute Gasteiger partial charge is 0.494 e. The van der Waals surface area contributed by atoms with E-state index in [0.29, 0.717) is 11.1 Å². The number of nitrogens with zero attached hydrogens (tertiary/aromatic N) is 1. The van der Waals surface area contributed by atoms with Gasteiger partial charge >= 0.3 is 0 Å². The number of hydrogen-bond donors (Lipinski definition) is 0. The summed E-state index contributed by atoms with van der Waals surface area (Å²) in [7, 11) is -0.329. The Morgan fingerprint density at radius 3 is 2.29 bits per heavy atom. The van der Waals surface area contributed by atoms with Gasteiger partial charge in [-0.15, -0.1) is 0 Å². The minimum atomic E-state index is -3.30. The highest BCUT2D eigenvalue weighted by atomic mass is 32.2. The molecule has 0 aliphatic carbocycles. The van der Waals surface area contributed by atoms with Crippen LogP contribution in [0.4, 0.5) is 4.39 Å². The summed E-state index contributed by atoms with van der Waals surface area (Å²) >= 11 is 0. The third-order valence-corrected chi connectivity index (χ3v) is 4.64. The van der Waals surface area contributed by atoms with Crippen LogP contribution in [-0.4, -0.2) is 39.6 Å². The summed E-state index contributed by atoms with van der Waals surface area (Å²) in [5, 5.41) is 0. The molecule has 7 heteroatoms. The minimum absolute atomic E-state index is 0.143. The fourth-order valence-corrected chi connectivity index (χ4v) is 2.85. The molecule has 2 aromatic carbocycles. The molecule has 0 fully saturated rings. The second-order valence-corrected chi connectivity index (χ2v) is 7.44. The number of halogens is 1. The topological polar surface area (TPSA) is 63.7 Å². The Morgan fingerprint density at radius 2 is 1.79 bits per heavy atom. The molecule has 0 radical (unpaired) electrons. The van der Waals surface area contributed by atoms with Gasteiger partial charge in [0.05, 0.1) is 12.0 Å². The van der Waals surface area contributed by atoms with E-state index in [4.69, 9.17) is 4.74 Å². The van der Waals surface area contributed by atoms with Gasteiger partial charge in [0.1, 0.15) is 0 Å². The Morgan fingerprint density at radius 1 is 1.17 bits per heavy atom. The van der Waals surface area contributed by atoms with Crippen molar-refractivity contribution in [1.82, 2.24) is 4.90 Å². The van der Waals surface area contributed by atoms with Crippen LogP contribution >= 0.6 is 0 Å².